The predicted molar refractivity (Wildman–Crippen MR) is 67.8 cm³/mol. The quantitative estimate of drug-likeness (QED) is 0.723. The largest absolute Gasteiger partial charge is 0.338 e. The Labute approximate surface area is 108 Å². The van der Waals surface area contributed by atoms with Crippen molar-refractivity contribution >= 4 is 11.9 Å². The van der Waals surface area contributed by atoms with Gasteiger partial charge in [0.15, 0.2) is 0 Å². The third kappa shape index (κ3) is 5.35. The van der Waals surface area contributed by atoms with Gasteiger partial charge in [0.25, 0.3) is 0 Å². The Morgan fingerprint density at radius 3 is 2.56 bits per heavy atom. The fourth-order valence-corrected chi connectivity index (χ4v) is 2.03. The van der Waals surface area contributed by atoms with Gasteiger partial charge in [0.05, 0.1) is 7.11 Å². The van der Waals surface area contributed by atoms with Crippen LogP contribution in [0.4, 0.5) is 4.79 Å². The first-order chi connectivity index (χ1) is 8.63. The number of carbonyl (C=O) groups excluding carboxylic acids is 2. The summed E-state index contributed by atoms with van der Waals surface area (Å²) in [7, 11) is 2.98. The summed E-state index contributed by atoms with van der Waals surface area (Å²) in [5.74, 6) is -0.157. The highest BCUT2D eigenvalue weighted by molar-refractivity contribution is 5.77. The first-order valence-electron chi connectivity index (χ1n) is 6.48. The fourth-order valence-electron chi connectivity index (χ4n) is 2.03. The van der Waals surface area contributed by atoms with Crippen LogP contribution in [-0.4, -0.2) is 43.7 Å². The van der Waals surface area contributed by atoms with E-state index in [0.717, 1.165) is 17.9 Å². The van der Waals surface area contributed by atoms with Crippen LogP contribution in [0.1, 0.15) is 38.5 Å². The van der Waals surface area contributed by atoms with Crippen LogP contribution in [0.2, 0.25) is 0 Å². The molecule has 6 nitrogen and oxygen atoms in total. The Balaban J connectivity index is 2.11. The maximum atomic E-state index is 11.6. The number of hydroxylamine groups is 2. The van der Waals surface area contributed by atoms with E-state index in [1.807, 2.05) is 0 Å². The number of amides is 3. The number of hydrogen-bond donors (Lipinski definition) is 2. The highest BCUT2D eigenvalue weighted by atomic mass is 16.7. The molecule has 0 aliphatic heterocycles. The van der Waals surface area contributed by atoms with Gasteiger partial charge < -0.3 is 10.6 Å². The molecule has 0 spiro atoms. The molecule has 1 aliphatic rings. The molecule has 1 saturated carbocycles. The van der Waals surface area contributed by atoms with Crippen molar-refractivity contribution in [2.75, 3.05) is 20.7 Å². The summed E-state index contributed by atoms with van der Waals surface area (Å²) in [6.07, 6.45) is 5.97. The summed E-state index contributed by atoms with van der Waals surface area (Å²) in [6, 6.07) is 0.103. The molecule has 1 rings (SSSR count). The van der Waals surface area contributed by atoms with E-state index < -0.39 is 0 Å². The molecule has 18 heavy (non-hydrogen) atoms. The molecule has 3 amide bonds. The molecule has 0 atom stereocenters. The molecular weight excluding hydrogens is 234 g/mol. The minimum Gasteiger partial charge on any atom is -0.338 e. The summed E-state index contributed by atoms with van der Waals surface area (Å²) in [5, 5.41) is 6.77. The van der Waals surface area contributed by atoms with E-state index in [1.165, 1.54) is 26.4 Å². The molecule has 0 heterocycles. The van der Waals surface area contributed by atoms with Crippen LogP contribution >= 0.6 is 0 Å². The SMILES string of the molecule is CON(C)C(=O)CCNC(=O)NC1CCCCC1. The molecule has 104 valence electrons. The second kappa shape index (κ2) is 7.92. The lowest BCUT2D eigenvalue weighted by Gasteiger charge is -2.22. The number of urea groups is 1. The molecule has 0 radical (unpaired) electrons. The van der Waals surface area contributed by atoms with E-state index in [0.29, 0.717) is 6.54 Å². The lowest BCUT2D eigenvalue weighted by atomic mass is 9.96. The third-order valence-electron chi connectivity index (χ3n) is 3.19. The molecule has 0 bridgehead atoms. The van der Waals surface area contributed by atoms with Crippen molar-refractivity contribution in [2.45, 2.75) is 44.6 Å². The minimum absolute atomic E-state index is 0.157. The van der Waals surface area contributed by atoms with Gasteiger partial charge in [0.1, 0.15) is 0 Å². The van der Waals surface area contributed by atoms with Gasteiger partial charge in [-0.3, -0.25) is 9.63 Å². The highest BCUT2D eigenvalue weighted by Gasteiger charge is 2.15. The Bertz CT molecular complexity index is 278. The van der Waals surface area contributed by atoms with Crippen molar-refractivity contribution in [3.8, 4) is 0 Å². The van der Waals surface area contributed by atoms with Gasteiger partial charge in [0.2, 0.25) is 5.91 Å². The zero-order valence-corrected chi connectivity index (χ0v) is 11.2. The zero-order chi connectivity index (χ0) is 13.4. The standard InChI is InChI=1S/C12H23N3O3/c1-15(18-2)11(16)8-9-13-12(17)14-10-6-4-3-5-7-10/h10H,3-9H2,1-2H3,(H2,13,14,17). The summed E-state index contributed by atoms with van der Waals surface area (Å²) < 4.78 is 0. The normalized spacial score (nSPS) is 16.1. The number of rotatable bonds is 5. The molecule has 0 unspecified atom stereocenters. The van der Waals surface area contributed by atoms with E-state index in [-0.39, 0.29) is 24.4 Å². The van der Waals surface area contributed by atoms with Gasteiger partial charge in [-0.1, -0.05) is 19.3 Å². The van der Waals surface area contributed by atoms with E-state index in [4.69, 9.17) is 4.84 Å². The lowest BCUT2D eigenvalue weighted by Crippen LogP contribution is -2.43. The first-order valence-corrected chi connectivity index (χ1v) is 6.48. The zero-order valence-electron chi connectivity index (χ0n) is 11.2. The maximum Gasteiger partial charge on any atom is 0.315 e. The van der Waals surface area contributed by atoms with E-state index in [1.54, 1.807) is 7.05 Å². The lowest BCUT2D eigenvalue weighted by molar-refractivity contribution is -0.168. The van der Waals surface area contributed by atoms with Crippen molar-refractivity contribution in [1.82, 2.24) is 15.7 Å². The summed E-state index contributed by atoms with van der Waals surface area (Å²) in [5.41, 5.74) is 0. The number of nitrogens with one attached hydrogen (secondary N) is 2. The molecule has 0 aromatic carbocycles. The summed E-state index contributed by atoms with van der Waals surface area (Å²) in [6.45, 7) is 0.324. The Morgan fingerprint density at radius 1 is 1.28 bits per heavy atom. The van der Waals surface area contributed by atoms with Gasteiger partial charge in [-0.2, -0.15) is 0 Å². The van der Waals surface area contributed by atoms with Gasteiger partial charge >= 0.3 is 6.03 Å². The maximum absolute atomic E-state index is 11.6. The van der Waals surface area contributed by atoms with Crippen LogP contribution in [-0.2, 0) is 9.63 Å². The van der Waals surface area contributed by atoms with E-state index >= 15 is 0 Å². The topological polar surface area (TPSA) is 70.7 Å². The van der Waals surface area contributed by atoms with Crippen molar-refractivity contribution in [1.29, 1.82) is 0 Å². The van der Waals surface area contributed by atoms with Crippen molar-refractivity contribution in [3.05, 3.63) is 0 Å². The molecule has 1 fully saturated rings. The van der Waals surface area contributed by atoms with Crippen LogP contribution in [0, 0.1) is 0 Å². The minimum atomic E-state index is -0.185. The van der Waals surface area contributed by atoms with Gasteiger partial charge in [0, 0.05) is 26.1 Å². The Morgan fingerprint density at radius 2 is 1.94 bits per heavy atom. The van der Waals surface area contributed by atoms with E-state index in [2.05, 4.69) is 10.6 Å². The van der Waals surface area contributed by atoms with Crippen molar-refractivity contribution < 1.29 is 14.4 Å². The monoisotopic (exact) mass is 257 g/mol. The van der Waals surface area contributed by atoms with Crippen LogP contribution in [0.5, 0.6) is 0 Å². The number of carbonyl (C=O) groups is 2. The average Bonchev–Trinajstić information content (AvgIpc) is 2.38. The molecule has 1 aliphatic carbocycles. The first kappa shape index (κ1) is 14.8. The van der Waals surface area contributed by atoms with Gasteiger partial charge in [-0.25, -0.2) is 9.86 Å². The number of hydrogen-bond acceptors (Lipinski definition) is 3. The molecule has 6 heteroatoms. The van der Waals surface area contributed by atoms with Crippen LogP contribution in [0.3, 0.4) is 0 Å². The van der Waals surface area contributed by atoms with Crippen LogP contribution in [0.15, 0.2) is 0 Å². The molecule has 0 aromatic heterocycles. The van der Waals surface area contributed by atoms with Gasteiger partial charge in [-0.05, 0) is 12.8 Å². The molecular formula is C12H23N3O3. The molecule has 0 saturated heterocycles. The van der Waals surface area contributed by atoms with Crippen molar-refractivity contribution in [2.24, 2.45) is 0 Å². The van der Waals surface area contributed by atoms with Crippen LogP contribution < -0.4 is 10.6 Å². The van der Waals surface area contributed by atoms with Gasteiger partial charge in [-0.15, -0.1) is 0 Å². The Hall–Kier alpha value is -1.30. The van der Waals surface area contributed by atoms with Crippen molar-refractivity contribution in [3.63, 3.8) is 0 Å². The predicted octanol–water partition coefficient (Wildman–Crippen LogP) is 1.03. The summed E-state index contributed by atoms with van der Waals surface area (Å²) in [4.78, 5) is 27.7. The second-order valence-electron chi connectivity index (χ2n) is 4.56. The molecule has 2 N–H and O–H groups in total. The van der Waals surface area contributed by atoms with Crippen LogP contribution in [0.25, 0.3) is 0 Å². The van der Waals surface area contributed by atoms with E-state index in [9.17, 15) is 9.59 Å². The smallest absolute Gasteiger partial charge is 0.315 e. The fraction of sp³-hybridized carbons (Fsp3) is 0.833. The Kier molecular flexibility index (Phi) is 6.49. The average molecular weight is 257 g/mol. The number of nitrogens with zero attached hydrogens (tertiary/aromatic N) is 1. The molecule has 0 aromatic rings. The highest BCUT2D eigenvalue weighted by Crippen LogP contribution is 2.16. The summed E-state index contributed by atoms with van der Waals surface area (Å²) >= 11 is 0. The second-order valence-corrected chi connectivity index (χ2v) is 4.56. The third-order valence-corrected chi connectivity index (χ3v) is 3.19.